The zero-order chi connectivity index (χ0) is 13.2. The van der Waals surface area contributed by atoms with Crippen LogP contribution >= 0.6 is 11.6 Å². The molecule has 1 saturated carbocycles. The fraction of sp³-hybridized carbons (Fsp3) is 0.429. The highest BCUT2D eigenvalue weighted by Gasteiger charge is 2.26. The van der Waals surface area contributed by atoms with E-state index in [0.29, 0.717) is 11.1 Å². The first-order chi connectivity index (χ1) is 9.31. The lowest BCUT2D eigenvalue weighted by Crippen LogP contribution is -2.00. The lowest BCUT2D eigenvalue weighted by Gasteiger charge is -2.06. The highest BCUT2D eigenvalue weighted by molar-refractivity contribution is 6.30. The van der Waals surface area contributed by atoms with Gasteiger partial charge in [-0.25, -0.2) is 4.68 Å². The van der Waals surface area contributed by atoms with E-state index in [1.807, 2.05) is 12.1 Å². The number of aliphatic hydroxyl groups is 1. The first-order valence-corrected chi connectivity index (χ1v) is 6.97. The van der Waals surface area contributed by atoms with Crippen LogP contribution in [-0.2, 0) is 6.61 Å². The van der Waals surface area contributed by atoms with Crippen molar-refractivity contribution >= 4 is 11.6 Å². The van der Waals surface area contributed by atoms with E-state index in [1.54, 1.807) is 17.1 Å². The van der Waals surface area contributed by atoms with Crippen molar-refractivity contribution in [1.82, 2.24) is 14.8 Å². The molecular formula is C14H16ClN3O. The van der Waals surface area contributed by atoms with Crippen molar-refractivity contribution in [1.29, 1.82) is 0 Å². The van der Waals surface area contributed by atoms with E-state index in [1.165, 1.54) is 12.8 Å². The molecule has 2 aromatic heterocycles. The number of hydrogen-bond acceptors (Lipinski definition) is 3. The maximum Gasteiger partial charge on any atom is 0.138 e. The summed E-state index contributed by atoms with van der Waals surface area (Å²) >= 11 is 6.36. The molecular weight excluding hydrogens is 262 g/mol. The minimum absolute atomic E-state index is 0.0598. The van der Waals surface area contributed by atoms with Gasteiger partial charge in [-0.2, -0.15) is 5.10 Å². The van der Waals surface area contributed by atoms with Crippen LogP contribution in [0.1, 0.15) is 42.9 Å². The predicted molar refractivity (Wildman–Crippen MR) is 73.5 cm³/mol. The Kier molecular flexibility index (Phi) is 3.53. The van der Waals surface area contributed by atoms with Gasteiger partial charge in [-0.3, -0.25) is 4.98 Å². The van der Waals surface area contributed by atoms with E-state index in [4.69, 9.17) is 11.6 Å². The normalized spacial score (nSPS) is 16.1. The van der Waals surface area contributed by atoms with Gasteiger partial charge in [-0.05, 0) is 25.0 Å². The van der Waals surface area contributed by atoms with Gasteiger partial charge in [0.15, 0.2) is 0 Å². The number of rotatable bonds is 3. The highest BCUT2D eigenvalue weighted by Crippen LogP contribution is 2.37. The monoisotopic (exact) mass is 277 g/mol. The van der Waals surface area contributed by atoms with Crippen LogP contribution < -0.4 is 0 Å². The van der Waals surface area contributed by atoms with E-state index in [2.05, 4.69) is 10.1 Å². The third-order valence-corrected chi connectivity index (χ3v) is 4.15. The minimum Gasteiger partial charge on any atom is -0.391 e. The first-order valence-electron chi connectivity index (χ1n) is 6.60. The molecule has 0 atom stereocenters. The van der Waals surface area contributed by atoms with Crippen molar-refractivity contribution < 1.29 is 5.11 Å². The number of hydrogen-bond donors (Lipinski definition) is 1. The summed E-state index contributed by atoms with van der Waals surface area (Å²) in [4.78, 5) is 3.99. The molecule has 4 nitrogen and oxygen atoms in total. The molecule has 0 aliphatic heterocycles. The molecule has 0 saturated heterocycles. The topological polar surface area (TPSA) is 50.9 Å². The number of aromatic nitrogens is 3. The first kappa shape index (κ1) is 12.6. The van der Waals surface area contributed by atoms with Gasteiger partial charge < -0.3 is 5.11 Å². The van der Waals surface area contributed by atoms with Gasteiger partial charge in [0.1, 0.15) is 5.15 Å². The molecule has 0 aromatic carbocycles. The number of halogens is 1. The Bertz CT molecular complexity index is 562. The summed E-state index contributed by atoms with van der Waals surface area (Å²) in [6.07, 6.45) is 8.15. The maximum atomic E-state index is 9.57. The Balaban J connectivity index is 2.07. The molecule has 0 unspecified atom stereocenters. The fourth-order valence-electron chi connectivity index (χ4n) is 2.78. The molecule has 0 bridgehead atoms. The predicted octanol–water partition coefficient (Wildman–Crippen LogP) is 3.07. The van der Waals surface area contributed by atoms with Gasteiger partial charge in [0.2, 0.25) is 0 Å². The van der Waals surface area contributed by atoms with Crippen molar-refractivity contribution in [3.63, 3.8) is 0 Å². The van der Waals surface area contributed by atoms with Crippen LogP contribution in [0.5, 0.6) is 0 Å². The molecule has 2 aromatic rings. The standard InChI is InChI=1S/C14H16ClN3O/c15-14-12(9-19)13(10-3-1-2-4-10)17-18(14)11-5-7-16-8-6-11/h5-8,10,19H,1-4,9H2. The number of nitrogens with zero attached hydrogens (tertiary/aromatic N) is 3. The second kappa shape index (κ2) is 5.31. The molecule has 19 heavy (non-hydrogen) atoms. The van der Waals surface area contributed by atoms with Crippen LogP contribution in [0.25, 0.3) is 5.69 Å². The van der Waals surface area contributed by atoms with Crippen molar-refractivity contribution in [2.75, 3.05) is 0 Å². The molecule has 1 aliphatic rings. The third-order valence-electron chi connectivity index (χ3n) is 3.76. The summed E-state index contributed by atoms with van der Waals surface area (Å²) in [6, 6.07) is 3.72. The van der Waals surface area contributed by atoms with E-state index in [9.17, 15) is 5.11 Å². The third kappa shape index (κ3) is 2.26. The van der Waals surface area contributed by atoms with Crippen LogP contribution in [0.3, 0.4) is 0 Å². The van der Waals surface area contributed by atoms with E-state index >= 15 is 0 Å². The lowest BCUT2D eigenvalue weighted by atomic mass is 10.0. The molecule has 0 spiro atoms. The van der Waals surface area contributed by atoms with Gasteiger partial charge in [-0.15, -0.1) is 0 Å². The maximum absolute atomic E-state index is 9.57. The van der Waals surface area contributed by atoms with Crippen molar-refractivity contribution in [2.24, 2.45) is 0 Å². The van der Waals surface area contributed by atoms with Crippen LogP contribution in [0, 0.1) is 0 Å². The zero-order valence-corrected chi connectivity index (χ0v) is 11.3. The van der Waals surface area contributed by atoms with Crippen molar-refractivity contribution in [2.45, 2.75) is 38.2 Å². The van der Waals surface area contributed by atoms with Gasteiger partial charge >= 0.3 is 0 Å². The largest absolute Gasteiger partial charge is 0.391 e. The molecule has 0 amide bonds. The summed E-state index contributed by atoms with van der Waals surface area (Å²) in [5.74, 6) is 0.433. The second-order valence-corrected chi connectivity index (χ2v) is 5.27. The molecule has 100 valence electrons. The summed E-state index contributed by atoms with van der Waals surface area (Å²) in [5.41, 5.74) is 2.60. The molecule has 2 heterocycles. The van der Waals surface area contributed by atoms with Crippen molar-refractivity contribution in [3.05, 3.63) is 40.9 Å². The molecule has 5 heteroatoms. The Hall–Kier alpha value is -1.39. The fourth-order valence-corrected chi connectivity index (χ4v) is 3.07. The zero-order valence-electron chi connectivity index (χ0n) is 10.6. The average Bonchev–Trinajstić information content (AvgIpc) is 3.07. The Morgan fingerprint density at radius 1 is 1.26 bits per heavy atom. The van der Waals surface area contributed by atoms with Gasteiger partial charge in [0.05, 0.1) is 18.0 Å². The van der Waals surface area contributed by atoms with Gasteiger partial charge in [0, 0.05) is 23.9 Å². The van der Waals surface area contributed by atoms with Crippen LogP contribution in [0.15, 0.2) is 24.5 Å². The lowest BCUT2D eigenvalue weighted by molar-refractivity contribution is 0.280. The minimum atomic E-state index is -0.0598. The number of aliphatic hydroxyl groups excluding tert-OH is 1. The average molecular weight is 278 g/mol. The van der Waals surface area contributed by atoms with Crippen LogP contribution in [0.4, 0.5) is 0 Å². The Morgan fingerprint density at radius 3 is 2.58 bits per heavy atom. The summed E-state index contributed by atoms with van der Waals surface area (Å²) in [7, 11) is 0. The van der Waals surface area contributed by atoms with Crippen LogP contribution in [-0.4, -0.2) is 19.9 Å². The summed E-state index contributed by atoms with van der Waals surface area (Å²) < 4.78 is 1.70. The molecule has 1 N–H and O–H groups in total. The summed E-state index contributed by atoms with van der Waals surface area (Å²) in [6.45, 7) is -0.0598. The highest BCUT2D eigenvalue weighted by atomic mass is 35.5. The SMILES string of the molecule is OCc1c(C2CCCC2)nn(-c2ccncc2)c1Cl. The van der Waals surface area contributed by atoms with E-state index in [-0.39, 0.29) is 6.61 Å². The molecule has 1 aliphatic carbocycles. The van der Waals surface area contributed by atoms with E-state index in [0.717, 1.165) is 29.8 Å². The van der Waals surface area contributed by atoms with Gasteiger partial charge in [0.25, 0.3) is 0 Å². The number of pyridine rings is 1. The molecule has 3 rings (SSSR count). The van der Waals surface area contributed by atoms with Crippen molar-refractivity contribution in [3.8, 4) is 5.69 Å². The smallest absolute Gasteiger partial charge is 0.138 e. The second-order valence-electron chi connectivity index (χ2n) is 4.91. The molecule has 1 fully saturated rings. The quantitative estimate of drug-likeness (QED) is 0.938. The molecule has 0 radical (unpaired) electrons. The van der Waals surface area contributed by atoms with Crippen LogP contribution in [0.2, 0.25) is 5.15 Å². The summed E-state index contributed by atoms with van der Waals surface area (Å²) in [5, 5.41) is 14.7. The Labute approximate surface area is 117 Å². The Morgan fingerprint density at radius 2 is 1.95 bits per heavy atom. The van der Waals surface area contributed by atoms with E-state index < -0.39 is 0 Å². The van der Waals surface area contributed by atoms with Gasteiger partial charge in [-0.1, -0.05) is 24.4 Å².